The zero-order valence-corrected chi connectivity index (χ0v) is 40.1. The predicted molar refractivity (Wildman–Crippen MR) is 279 cm³/mol. The molecule has 0 fully saturated rings. The van der Waals surface area contributed by atoms with Gasteiger partial charge >= 0.3 is 6.85 Å². The second kappa shape index (κ2) is 13.5. The summed E-state index contributed by atoms with van der Waals surface area (Å²) in [7, 11) is 0. The van der Waals surface area contributed by atoms with Crippen LogP contribution < -0.4 is 20.0 Å². The Morgan fingerprint density at radius 2 is 1.06 bits per heavy atom. The van der Waals surface area contributed by atoms with Crippen LogP contribution in [0.25, 0.3) is 43.1 Å². The third-order valence-electron chi connectivity index (χ3n) is 16.3. The molecular formula is C60H59BN2S. The van der Waals surface area contributed by atoms with E-state index in [0.29, 0.717) is 0 Å². The summed E-state index contributed by atoms with van der Waals surface area (Å²) in [4.78, 5) is 5.46. The molecule has 3 heterocycles. The van der Waals surface area contributed by atoms with Gasteiger partial charge in [-0.2, -0.15) is 0 Å². The Morgan fingerprint density at radius 3 is 1.72 bits per heavy atom. The van der Waals surface area contributed by atoms with Crippen LogP contribution in [0, 0.1) is 13.8 Å². The first-order valence-electron chi connectivity index (χ1n) is 23.7. The van der Waals surface area contributed by atoms with Crippen LogP contribution in [0.15, 0.2) is 127 Å². The molecule has 0 saturated heterocycles. The highest BCUT2D eigenvalue weighted by molar-refractivity contribution is 7.32. The molecule has 4 aliphatic rings. The molecule has 318 valence electrons. The van der Waals surface area contributed by atoms with E-state index in [0.717, 1.165) is 0 Å². The number of aryl methyl sites for hydroxylation is 2. The van der Waals surface area contributed by atoms with Gasteiger partial charge in [-0.25, -0.2) is 0 Å². The monoisotopic (exact) mass is 850 g/mol. The fourth-order valence-corrected chi connectivity index (χ4v) is 13.6. The highest BCUT2D eigenvalue weighted by Crippen LogP contribution is 2.56. The fourth-order valence-electron chi connectivity index (χ4n) is 12.3. The number of anilines is 5. The Bertz CT molecular complexity index is 3260. The number of rotatable bonds is 3. The molecule has 64 heavy (non-hydrogen) atoms. The minimum absolute atomic E-state index is 0.0307. The van der Waals surface area contributed by atoms with E-state index in [1.54, 1.807) is 0 Å². The molecule has 12 rings (SSSR count). The molecule has 2 aliphatic heterocycles. The zero-order valence-electron chi connectivity index (χ0n) is 39.3. The van der Waals surface area contributed by atoms with Crippen LogP contribution in [-0.4, -0.2) is 6.85 Å². The maximum absolute atomic E-state index is 2.75. The summed E-state index contributed by atoms with van der Waals surface area (Å²) >= 11 is 2.04. The lowest BCUT2D eigenvalue weighted by molar-refractivity contribution is 0.332. The van der Waals surface area contributed by atoms with Crippen molar-refractivity contribution < 1.29 is 0 Å². The molecule has 0 bridgehead atoms. The van der Waals surface area contributed by atoms with Crippen LogP contribution in [0.4, 0.5) is 28.4 Å². The molecule has 2 aliphatic carbocycles. The van der Waals surface area contributed by atoms with Crippen molar-refractivity contribution in [2.45, 2.75) is 117 Å². The van der Waals surface area contributed by atoms with Crippen molar-refractivity contribution in [1.82, 2.24) is 0 Å². The van der Waals surface area contributed by atoms with Crippen LogP contribution in [0.2, 0.25) is 0 Å². The highest BCUT2D eigenvalue weighted by Gasteiger charge is 2.49. The van der Waals surface area contributed by atoms with Gasteiger partial charge in [0.15, 0.2) is 0 Å². The Balaban J connectivity index is 1.21. The van der Waals surface area contributed by atoms with Crippen LogP contribution in [0.3, 0.4) is 0 Å². The van der Waals surface area contributed by atoms with Gasteiger partial charge in [0.2, 0.25) is 0 Å². The van der Waals surface area contributed by atoms with Gasteiger partial charge in [-0.15, -0.1) is 11.3 Å². The molecule has 4 heteroatoms. The minimum Gasteiger partial charge on any atom is -0.376 e. The minimum atomic E-state index is -0.0307. The lowest BCUT2D eigenvalue weighted by atomic mass is 9.46. The van der Waals surface area contributed by atoms with Crippen molar-refractivity contribution in [3.05, 3.63) is 161 Å². The average molecular weight is 851 g/mol. The Kier molecular flexibility index (Phi) is 8.42. The van der Waals surface area contributed by atoms with E-state index in [2.05, 4.69) is 206 Å². The van der Waals surface area contributed by atoms with Gasteiger partial charge in [-0.05, 0) is 176 Å². The number of benzene rings is 7. The summed E-state index contributed by atoms with van der Waals surface area (Å²) in [5.74, 6) is 0. The number of hydrogen-bond acceptors (Lipinski definition) is 3. The smallest absolute Gasteiger partial charge is 0.343 e. The number of fused-ring (bicyclic) bond motifs is 9. The molecule has 8 aromatic rings. The molecule has 2 nitrogen and oxygen atoms in total. The topological polar surface area (TPSA) is 6.48 Å². The van der Waals surface area contributed by atoms with E-state index in [4.69, 9.17) is 0 Å². The van der Waals surface area contributed by atoms with E-state index >= 15 is 0 Å². The van der Waals surface area contributed by atoms with Crippen molar-refractivity contribution in [3.8, 4) is 22.3 Å². The second-order valence-electron chi connectivity index (χ2n) is 22.4. The van der Waals surface area contributed by atoms with Gasteiger partial charge in [0, 0.05) is 43.2 Å². The van der Waals surface area contributed by atoms with Gasteiger partial charge in [-0.1, -0.05) is 134 Å². The van der Waals surface area contributed by atoms with Gasteiger partial charge in [0.1, 0.15) is 0 Å². The third kappa shape index (κ3) is 5.76. The predicted octanol–water partition coefficient (Wildman–Crippen LogP) is 15.7. The average Bonchev–Trinajstić information content (AvgIpc) is 3.65. The SMILES string of the molecule is Cc1cc2c3c(c1)N(c1cc4c(cc1C)C(C)(C)CCC4(C)C)c1c(sc4cc5c(cc14)C(C)(C)CCC5(C)C)B3N(c1ccc(-c3ccccc3)cc1)c1cc3ccccc3cc1-2. The van der Waals surface area contributed by atoms with Gasteiger partial charge < -0.3 is 9.71 Å². The quantitative estimate of drug-likeness (QED) is 0.163. The van der Waals surface area contributed by atoms with E-state index < -0.39 is 0 Å². The maximum Gasteiger partial charge on any atom is 0.343 e. The molecule has 0 saturated carbocycles. The van der Waals surface area contributed by atoms with Crippen molar-refractivity contribution in [2.24, 2.45) is 0 Å². The van der Waals surface area contributed by atoms with E-state index in [1.165, 1.54) is 141 Å². The van der Waals surface area contributed by atoms with Crippen LogP contribution in [0.5, 0.6) is 0 Å². The molecule has 0 radical (unpaired) electrons. The summed E-state index contributed by atoms with van der Waals surface area (Å²) in [6, 6.07) is 49.6. The number of thiophene rings is 1. The van der Waals surface area contributed by atoms with Crippen LogP contribution in [0.1, 0.15) is 114 Å². The normalized spacial score (nSPS) is 18.3. The zero-order chi connectivity index (χ0) is 44.2. The van der Waals surface area contributed by atoms with Gasteiger partial charge in [0.25, 0.3) is 0 Å². The molecule has 0 atom stereocenters. The van der Waals surface area contributed by atoms with Crippen molar-refractivity contribution in [1.29, 1.82) is 0 Å². The summed E-state index contributed by atoms with van der Waals surface area (Å²) in [6.45, 7) is 24.4. The molecular weight excluding hydrogens is 792 g/mol. The van der Waals surface area contributed by atoms with Crippen molar-refractivity contribution in [3.63, 3.8) is 0 Å². The molecule has 0 spiro atoms. The Hall–Kier alpha value is -5.58. The second-order valence-corrected chi connectivity index (χ2v) is 23.5. The van der Waals surface area contributed by atoms with Gasteiger partial charge in [0.05, 0.1) is 5.69 Å². The summed E-state index contributed by atoms with van der Waals surface area (Å²) in [6.07, 6.45) is 4.78. The van der Waals surface area contributed by atoms with E-state index in [1.807, 2.05) is 11.3 Å². The van der Waals surface area contributed by atoms with Crippen molar-refractivity contribution in [2.75, 3.05) is 9.71 Å². The third-order valence-corrected chi connectivity index (χ3v) is 17.5. The molecule has 0 unspecified atom stereocenters. The first-order chi connectivity index (χ1) is 30.5. The standard InChI is InChI=1S/C60H59BN2S/c1-36-28-44-43-31-40-18-14-15-19-41(40)32-51(43)63(42-22-20-39(21-23-42)38-16-12-11-13-17-38)61-54(44)52(29-36)62(50-34-48-46(30-37(50)2)57(3,4)24-26-59(48,7)8)55-45-33-47-49(35-53(45)64-56(55)61)60(9,10)27-25-58(47,5)6/h11-23,28-35H,24-27H2,1-10H3. The molecule has 1 aromatic heterocycles. The lowest BCUT2D eigenvalue weighted by Gasteiger charge is -2.46. The molecule has 0 N–H and O–H groups in total. The van der Waals surface area contributed by atoms with Crippen LogP contribution in [-0.2, 0) is 21.7 Å². The number of nitrogens with zero attached hydrogens (tertiary/aromatic N) is 2. The summed E-state index contributed by atoms with van der Waals surface area (Å²) in [5.41, 5.74) is 22.1. The lowest BCUT2D eigenvalue weighted by Crippen LogP contribution is -2.60. The number of hydrogen-bond donors (Lipinski definition) is 0. The van der Waals surface area contributed by atoms with Crippen molar-refractivity contribution >= 4 is 77.7 Å². The Labute approximate surface area is 385 Å². The van der Waals surface area contributed by atoms with Gasteiger partial charge in [-0.3, -0.25) is 0 Å². The largest absolute Gasteiger partial charge is 0.376 e. The molecule has 0 amide bonds. The molecule has 7 aromatic carbocycles. The van der Waals surface area contributed by atoms with Crippen LogP contribution >= 0.6 is 11.3 Å². The highest BCUT2D eigenvalue weighted by atomic mass is 32.1. The van der Waals surface area contributed by atoms with E-state index in [9.17, 15) is 0 Å². The Morgan fingerprint density at radius 1 is 0.500 bits per heavy atom. The van der Waals surface area contributed by atoms with E-state index in [-0.39, 0.29) is 28.5 Å². The summed E-state index contributed by atoms with van der Waals surface area (Å²) < 4.78 is 2.82. The maximum atomic E-state index is 2.75. The first kappa shape index (κ1) is 40.0. The first-order valence-corrected chi connectivity index (χ1v) is 24.5. The summed E-state index contributed by atoms with van der Waals surface area (Å²) in [5, 5.41) is 3.93. The fraction of sp³-hybridized carbons (Fsp3) is 0.300.